The Labute approximate surface area is 122 Å². The predicted octanol–water partition coefficient (Wildman–Crippen LogP) is 3.86. The van der Waals surface area contributed by atoms with Crippen molar-refractivity contribution in [2.75, 3.05) is 13.2 Å². The highest BCUT2D eigenvalue weighted by Gasteiger charge is 2.38. The van der Waals surface area contributed by atoms with Crippen LogP contribution in [0.5, 0.6) is 0 Å². The molecule has 1 aliphatic carbocycles. The molecule has 0 aromatic heterocycles. The predicted molar refractivity (Wildman–Crippen MR) is 82.9 cm³/mol. The van der Waals surface area contributed by atoms with Crippen molar-refractivity contribution in [3.63, 3.8) is 0 Å². The van der Waals surface area contributed by atoms with Crippen molar-refractivity contribution in [2.24, 2.45) is 5.92 Å². The van der Waals surface area contributed by atoms with Gasteiger partial charge in [-0.25, -0.2) is 0 Å². The molecule has 1 aromatic carbocycles. The van der Waals surface area contributed by atoms with Crippen molar-refractivity contribution in [2.45, 2.75) is 57.6 Å². The Hall–Kier alpha value is -0.860. The summed E-state index contributed by atoms with van der Waals surface area (Å²) in [5.41, 5.74) is 3.05. The Balaban J connectivity index is 1.60. The minimum Gasteiger partial charge on any atom is -0.370 e. The standard InChI is InChI=1S/C18H27NO/c1-14(2)11-15-5-7-16(8-6-15)17-12-19-18(13-20-17)9-3-4-10-18/h5-8,14,17,19H,3-4,9-13H2,1-2H3. The van der Waals surface area contributed by atoms with Crippen LogP contribution in [-0.4, -0.2) is 18.7 Å². The Bertz CT molecular complexity index is 421. The van der Waals surface area contributed by atoms with Crippen molar-refractivity contribution < 1.29 is 4.74 Å². The van der Waals surface area contributed by atoms with Crippen LogP contribution in [0.1, 0.15) is 56.8 Å². The maximum absolute atomic E-state index is 6.16. The van der Waals surface area contributed by atoms with E-state index >= 15 is 0 Å². The molecule has 0 radical (unpaired) electrons. The van der Waals surface area contributed by atoms with Crippen molar-refractivity contribution in [3.05, 3.63) is 35.4 Å². The molecule has 1 saturated heterocycles. The van der Waals surface area contributed by atoms with Crippen molar-refractivity contribution >= 4 is 0 Å². The van der Waals surface area contributed by atoms with Gasteiger partial charge in [0.1, 0.15) is 0 Å². The average Bonchev–Trinajstić information content (AvgIpc) is 2.89. The average molecular weight is 273 g/mol. The summed E-state index contributed by atoms with van der Waals surface area (Å²) in [6, 6.07) is 9.02. The van der Waals surface area contributed by atoms with E-state index in [1.54, 1.807) is 0 Å². The molecule has 1 heterocycles. The zero-order valence-corrected chi connectivity index (χ0v) is 12.8. The van der Waals surface area contributed by atoms with Crippen LogP contribution in [0.25, 0.3) is 0 Å². The minimum absolute atomic E-state index is 0.231. The molecule has 1 aliphatic heterocycles. The third-order valence-electron chi connectivity index (χ3n) is 4.78. The van der Waals surface area contributed by atoms with Gasteiger partial charge in [0.25, 0.3) is 0 Å². The van der Waals surface area contributed by atoms with Crippen LogP contribution in [0, 0.1) is 5.92 Å². The molecule has 2 fully saturated rings. The summed E-state index contributed by atoms with van der Waals surface area (Å²) in [5.74, 6) is 0.718. The molecule has 3 rings (SSSR count). The number of rotatable bonds is 3. The van der Waals surface area contributed by atoms with Gasteiger partial charge in [-0.1, -0.05) is 51.0 Å². The summed E-state index contributed by atoms with van der Waals surface area (Å²) in [6.07, 6.45) is 6.66. The second-order valence-electron chi connectivity index (χ2n) is 7.01. The maximum Gasteiger partial charge on any atom is 0.0950 e. The van der Waals surface area contributed by atoms with E-state index in [0.29, 0.717) is 5.54 Å². The lowest BCUT2D eigenvalue weighted by molar-refractivity contribution is -0.0326. The first-order valence-corrected chi connectivity index (χ1v) is 8.12. The van der Waals surface area contributed by atoms with Gasteiger partial charge in [-0.15, -0.1) is 0 Å². The van der Waals surface area contributed by atoms with Crippen LogP contribution in [0.15, 0.2) is 24.3 Å². The van der Waals surface area contributed by atoms with E-state index in [-0.39, 0.29) is 6.10 Å². The Morgan fingerprint density at radius 1 is 1.20 bits per heavy atom. The lowest BCUT2D eigenvalue weighted by atomic mass is 9.94. The summed E-state index contributed by atoms with van der Waals surface area (Å²) < 4.78 is 6.16. The molecule has 0 amide bonds. The summed E-state index contributed by atoms with van der Waals surface area (Å²) in [6.45, 7) is 6.38. The Kier molecular flexibility index (Phi) is 4.13. The van der Waals surface area contributed by atoms with Gasteiger partial charge in [0, 0.05) is 12.1 Å². The molecule has 1 saturated carbocycles. The number of hydrogen-bond acceptors (Lipinski definition) is 2. The first-order chi connectivity index (χ1) is 9.67. The third-order valence-corrected chi connectivity index (χ3v) is 4.78. The van der Waals surface area contributed by atoms with E-state index in [4.69, 9.17) is 4.74 Å². The normalized spacial score (nSPS) is 25.4. The molecule has 1 spiro atoms. The van der Waals surface area contributed by atoms with Crippen LogP contribution >= 0.6 is 0 Å². The second-order valence-corrected chi connectivity index (χ2v) is 7.01. The highest BCUT2D eigenvalue weighted by atomic mass is 16.5. The lowest BCUT2D eigenvalue weighted by Crippen LogP contribution is -2.53. The largest absolute Gasteiger partial charge is 0.370 e. The zero-order chi connectivity index (χ0) is 14.0. The fraction of sp³-hybridized carbons (Fsp3) is 0.667. The number of hydrogen-bond donors (Lipinski definition) is 1. The molecule has 1 N–H and O–H groups in total. The van der Waals surface area contributed by atoms with E-state index in [1.165, 1.54) is 36.8 Å². The fourth-order valence-corrected chi connectivity index (χ4v) is 3.61. The molecule has 20 heavy (non-hydrogen) atoms. The topological polar surface area (TPSA) is 21.3 Å². The van der Waals surface area contributed by atoms with E-state index in [2.05, 4.69) is 43.4 Å². The van der Waals surface area contributed by atoms with Crippen LogP contribution in [0.2, 0.25) is 0 Å². The Morgan fingerprint density at radius 2 is 1.90 bits per heavy atom. The molecule has 2 aliphatic rings. The molecule has 1 aromatic rings. The van der Waals surface area contributed by atoms with Gasteiger partial charge < -0.3 is 10.1 Å². The molecule has 2 nitrogen and oxygen atoms in total. The van der Waals surface area contributed by atoms with E-state index < -0.39 is 0 Å². The minimum atomic E-state index is 0.231. The molecule has 1 atom stereocenters. The van der Waals surface area contributed by atoms with Crippen molar-refractivity contribution in [1.29, 1.82) is 0 Å². The molecule has 2 heteroatoms. The van der Waals surface area contributed by atoms with Gasteiger partial charge in [0.15, 0.2) is 0 Å². The zero-order valence-electron chi connectivity index (χ0n) is 12.8. The Morgan fingerprint density at radius 3 is 2.45 bits per heavy atom. The monoisotopic (exact) mass is 273 g/mol. The summed E-state index contributed by atoms with van der Waals surface area (Å²) >= 11 is 0. The van der Waals surface area contributed by atoms with E-state index in [1.807, 2.05) is 0 Å². The summed E-state index contributed by atoms with van der Waals surface area (Å²) in [7, 11) is 0. The lowest BCUT2D eigenvalue weighted by Gasteiger charge is -2.38. The van der Waals surface area contributed by atoms with Gasteiger partial charge in [-0.05, 0) is 36.3 Å². The fourth-order valence-electron chi connectivity index (χ4n) is 3.61. The first kappa shape index (κ1) is 14.1. The van der Waals surface area contributed by atoms with Crippen LogP contribution in [-0.2, 0) is 11.2 Å². The SMILES string of the molecule is CC(C)Cc1ccc(C2CNC3(CCCC3)CO2)cc1. The van der Waals surface area contributed by atoms with Gasteiger partial charge in [-0.2, -0.15) is 0 Å². The van der Waals surface area contributed by atoms with Gasteiger partial charge in [0.05, 0.1) is 12.7 Å². The third kappa shape index (κ3) is 3.07. The molecule has 1 unspecified atom stereocenters. The van der Waals surface area contributed by atoms with Gasteiger partial charge in [0.2, 0.25) is 0 Å². The van der Waals surface area contributed by atoms with Crippen LogP contribution < -0.4 is 5.32 Å². The number of morpholine rings is 1. The summed E-state index contributed by atoms with van der Waals surface area (Å²) in [4.78, 5) is 0. The van der Waals surface area contributed by atoms with Gasteiger partial charge >= 0.3 is 0 Å². The number of ether oxygens (including phenoxy) is 1. The summed E-state index contributed by atoms with van der Waals surface area (Å²) in [5, 5.41) is 3.76. The van der Waals surface area contributed by atoms with Crippen LogP contribution in [0.3, 0.4) is 0 Å². The van der Waals surface area contributed by atoms with E-state index in [0.717, 1.165) is 25.5 Å². The highest BCUT2D eigenvalue weighted by molar-refractivity contribution is 5.25. The molecule has 110 valence electrons. The molecular weight excluding hydrogens is 246 g/mol. The van der Waals surface area contributed by atoms with Crippen molar-refractivity contribution in [3.8, 4) is 0 Å². The highest BCUT2D eigenvalue weighted by Crippen LogP contribution is 2.35. The first-order valence-electron chi connectivity index (χ1n) is 8.12. The molecular formula is C18H27NO. The van der Waals surface area contributed by atoms with Crippen LogP contribution in [0.4, 0.5) is 0 Å². The van der Waals surface area contributed by atoms with Gasteiger partial charge in [-0.3, -0.25) is 0 Å². The maximum atomic E-state index is 6.16. The smallest absolute Gasteiger partial charge is 0.0950 e. The number of nitrogens with one attached hydrogen (secondary N) is 1. The molecule has 0 bridgehead atoms. The number of benzene rings is 1. The second kappa shape index (κ2) is 5.87. The van der Waals surface area contributed by atoms with Crippen molar-refractivity contribution in [1.82, 2.24) is 5.32 Å². The quantitative estimate of drug-likeness (QED) is 0.903. The van der Waals surface area contributed by atoms with E-state index in [9.17, 15) is 0 Å².